The molecule has 0 spiro atoms. The molecule has 0 fully saturated rings. The zero-order valence-corrected chi connectivity index (χ0v) is 13.7. The van der Waals surface area contributed by atoms with Gasteiger partial charge in [-0.15, -0.1) is 0 Å². The number of rotatable bonds is 9. The van der Waals surface area contributed by atoms with E-state index in [0.29, 0.717) is 22.8 Å². The highest BCUT2D eigenvalue weighted by molar-refractivity contribution is 6.31. The molecule has 4 nitrogen and oxygen atoms in total. The number of anilines is 2. The van der Waals surface area contributed by atoms with Crippen molar-refractivity contribution in [1.82, 2.24) is 4.90 Å². The quantitative estimate of drug-likeness (QED) is 0.683. The standard InChI is InChI=1S/C16H26ClN3O/c1-3-9-20(10-4-2)11-5-6-16(21)19-15-12-13(17)7-8-14(15)18/h7-8,12H,3-6,9-11,18H2,1-2H3,(H,19,21). The summed E-state index contributed by atoms with van der Waals surface area (Å²) in [5, 5.41) is 3.39. The Labute approximate surface area is 132 Å². The zero-order valence-electron chi connectivity index (χ0n) is 13.0. The first-order chi connectivity index (χ1) is 10.1. The molecule has 5 heteroatoms. The molecule has 21 heavy (non-hydrogen) atoms. The Morgan fingerprint density at radius 3 is 2.52 bits per heavy atom. The smallest absolute Gasteiger partial charge is 0.224 e. The minimum absolute atomic E-state index is 0.0167. The molecule has 0 aliphatic rings. The Bertz CT molecular complexity index is 445. The normalized spacial score (nSPS) is 10.9. The number of nitrogens with two attached hydrogens (primary N) is 1. The third-order valence-corrected chi connectivity index (χ3v) is 3.48. The Morgan fingerprint density at radius 1 is 1.24 bits per heavy atom. The third-order valence-electron chi connectivity index (χ3n) is 3.25. The maximum absolute atomic E-state index is 11.9. The summed E-state index contributed by atoms with van der Waals surface area (Å²) in [6.45, 7) is 7.50. The van der Waals surface area contributed by atoms with Crippen LogP contribution in [-0.4, -0.2) is 30.4 Å². The van der Waals surface area contributed by atoms with Gasteiger partial charge in [-0.1, -0.05) is 25.4 Å². The summed E-state index contributed by atoms with van der Waals surface area (Å²) in [6, 6.07) is 5.08. The van der Waals surface area contributed by atoms with Crippen LogP contribution in [0.25, 0.3) is 0 Å². The molecule has 0 atom stereocenters. The molecule has 0 unspecified atom stereocenters. The zero-order chi connectivity index (χ0) is 15.7. The molecule has 3 N–H and O–H groups in total. The molecule has 118 valence electrons. The van der Waals surface area contributed by atoms with Gasteiger partial charge in [0.15, 0.2) is 0 Å². The highest BCUT2D eigenvalue weighted by Gasteiger charge is 2.08. The van der Waals surface area contributed by atoms with Gasteiger partial charge in [-0.2, -0.15) is 0 Å². The number of nitrogens with one attached hydrogen (secondary N) is 1. The van der Waals surface area contributed by atoms with Gasteiger partial charge in [0, 0.05) is 11.4 Å². The van der Waals surface area contributed by atoms with E-state index < -0.39 is 0 Å². The largest absolute Gasteiger partial charge is 0.397 e. The number of halogens is 1. The molecular formula is C16H26ClN3O. The van der Waals surface area contributed by atoms with Gasteiger partial charge in [-0.05, 0) is 57.1 Å². The summed E-state index contributed by atoms with van der Waals surface area (Å²) < 4.78 is 0. The molecule has 1 aromatic rings. The fourth-order valence-corrected chi connectivity index (χ4v) is 2.45. The maximum atomic E-state index is 11.9. The van der Waals surface area contributed by atoms with Crippen LogP contribution in [0.1, 0.15) is 39.5 Å². The van der Waals surface area contributed by atoms with E-state index in [1.54, 1.807) is 18.2 Å². The minimum atomic E-state index is -0.0167. The lowest BCUT2D eigenvalue weighted by atomic mass is 10.2. The second kappa shape index (κ2) is 9.64. The number of benzene rings is 1. The predicted molar refractivity (Wildman–Crippen MR) is 90.8 cm³/mol. The lowest BCUT2D eigenvalue weighted by Crippen LogP contribution is -2.27. The molecule has 0 aromatic heterocycles. The van der Waals surface area contributed by atoms with Crippen molar-refractivity contribution in [1.29, 1.82) is 0 Å². The highest BCUT2D eigenvalue weighted by atomic mass is 35.5. The number of nitrogens with zero attached hydrogens (tertiary/aromatic N) is 1. The van der Waals surface area contributed by atoms with Crippen LogP contribution in [0, 0.1) is 0 Å². The van der Waals surface area contributed by atoms with E-state index in [9.17, 15) is 4.79 Å². The van der Waals surface area contributed by atoms with E-state index in [1.165, 1.54) is 0 Å². The van der Waals surface area contributed by atoms with Crippen molar-refractivity contribution in [2.75, 3.05) is 30.7 Å². The Balaban J connectivity index is 2.38. The summed E-state index contributed by atoms with van der Waals surface area (Å²) in [4.78, 5) is 14.3. The van der Waals surface area contributed by atoms with Crippen LogP contribution in [0.3, 0.4) is 0 Å². The van der Waals surface area contributed by atoms with Gasteiger partial charge in [0.1, 0.15) is 0 Å². The van der Waals surface area contributed by atoms with Gasteiger partial charge < -0.3 is 16.0 Å². The number of nitrogen functional groups attached to an aromatic ring is 1. The maximum Gasteiger partial charge on any atom is 0.224 e. The molecule has 1 amide bonds. The molecule has 0 saturated carbocycles. The summed E-state index contributed by atoms with van der Waals surface area (Å²) in [6.07, 6.45) is 3.64. The van der Waals surface area contributed by atoms with Gasteiger partial charge in [0.2, 0.25) is 5.91 Å². The van der Waals surface area contributed by atoms with Crippen molar-refractivity contribution < 1.29 is 4.79 Å². The Hall–Kier alpha value is -1.26. The lowest BCUT2D eigenvalue weighted by Gasteiger charge is -2.20. The van der Waals surface area contributed by atoms with Gasteiger partial charge in [-0.25, -0.2) is 0 Å². The molecule has 1 aromatic carbocycles. The van der Waals surface area contributed by atoms with Crippen molar-refractivity contribution in [2.24, 2.45) is 0 Å². The van der Waals surface area contributed by atoms with E-state index in [4.69, 9.17) is 17.3 Å². The molecule has 0 bridgehead atoms. The SMILES string of the molecule is CCCN(CCC)CCCC(=O)Nc1cc(Cl)ccc1N. The molecule has 1 rings (SSSR count). The lowest BCUT2D eigenvalue weighted by molar-refractivity contribution is -0.116. The number of carbonyl (C=O) groups is 1. The average Bonchev–Trinajstić information content (AvgIpc) is 2.43. The molecule has 0 radical (unpaired) electrons. The van der Waals surface area contributed by atoms with E-state index in [1.807, 2.05) is 0 Å². The summed E-state index contributed by atoms with van der Waals surface area (Å²) >= 11 is 5.90. The van der Waals surface area contributed by atoms with Crippen molar-refractivity contribution in [3.8, 4) is 0 Å². The van der Waals surface area contributed by atoms with Gasteiger partial charge in [-0.3, -0.25) is 4.79 Å². The topological polar surface area (TPSA) is 58.4 Å². The van der Waals surface area contributed by atoms with Crippen molar-refractivity contribution >= 4 is 28.9 Å². The van der Waals surface area contributed by atoms with Crippen LogP contribution in [0.4, 0.5) is 11.4 Å². The van der Waals surface area contributed by atoms with Crippen LogP contribution in [-0.2, 0) is 4.79 Å². The summed E-state index contributed by atoms with van der Waals surface area (Å²) in [5.41, 5.74) is 6.94. The molecule has 0 aliphatic heterocycles. The predicted octanol–water partition coefficient (Wildman–Crippen LogP) is 3.76. The second-order valence-corrected chi connectivity index (χ2v) is 5.66. The number of hydrogen-bond donors (Lipinski definition) is 2. The van der Waals surface area contributed by atoms with Gasteiger partial charge in [0.05, 0.1) is 11.4 Å². The van der Waals surface area contributed by atoms with Crippen LogP contribution < -0.4 is 11.1 Å². The minimum Gasteiger partial charge on any atom is -0.397 e. The third kappa shape index (κ3) is 6.82. The van der Waals surface area contributed by atoms with E-state index in [0.717, 1.165) is 38.9 Å². The first kappa shape index (κ1) is 17.8. The monoisotopic (exact) mass is 311 g/mol. The molecule has 0 heterocycles. The van der Waals surface area contributed by atoms with Gasteiger partial charge >= 0.3 is 0 Å². The van der Waals surface area contributed by atoms with Crippen LogP contribution in [0.5, 0.6) is 0 Å². The van der Waals surface area contributed by atoms with Crippen LogP contribution >= 0.6 is 11.6 Å². The fraction of sp³-hybridized carbons (Fsp3) is 0.562. The number of carbonyl (C=O) groups excluding carboxylic acids is 1. The molecule has 0 saturated heterocycles. The van der Waals surface area contributed by atoms with E-state index in [-0.39, 0.29) is 5.91 Å². The van der Waals surface area contributed by atoms with Crippen molar-refractivity contribution in [3.63, 3.8) is 0 Å². The first-order valence-electron chi connectivity index (χ1n) is 7.64. The first-order valence-corrected chi connectivity index (χ1v) is 8.01. The van der Waals surface area contributed by atoms with Crippen molar-refractivity contribution in [2.45, 2.75) is 39.5 Å². The van der Waals surface area contributed by atoms with Crippen molar-refractivity contribution in [3.05, 3.63) is 23.2 Å². The fourth-order valence-electron chi connectivity index (χ4n) is 2.28. The summed E-state index contributed by atoms with van der Waals surface area (Å²) in [7, 11) is 0. The second-order valence-electron chi connectivity index (χ2n) is 5.22. The van der Waals surface area contributed by atoms with E-state index >= 15 is 0 Å². The molecular weight excluding hydrogens is 286 g/mol. The van der Waals surface area contributed by atoms with Crippen LogP contribution in [0.15, 0.2) is 18.2 Å². The van der Waals surface area contributed by atoms with Gasteiger partial charge in [0.25, 0.3) is 0 Å². The number of hydrogen-bond acceptors (Lipinski definition) is 3. The average molecular weight is 312 g/mol. The number of amides is 1. The summed E-state index contributed by atoms with van der Waals surface area (Å²) in [5.74, 6) is -0.0167. The highest BCUT2D eigenvalue weighted by Crippen LogP contribution is 2.23. The Morgan fingerprint density at radius 2 is 1.90 bits per heavy atom. The van der Waals surface area contributed by atoms with Crippen LogP contribution in [0.2, 0.25) is 5.02 Å². The van der Waals surface area contributed by atoms with E-state index in [2.05, 4.69) is 24.1 Å². The Kier molecular flexibility index (Phi) is 8.16. The molecule has 0 aliphatic carbocycles.